The molecule has 1 aliphatic carbocycles. The number of aliphatic hydroxyl groups excluding tert-OH is 1. The van der Waals surface area contributed by atoms with E-state index in [1.165, 1.54) is 0 Å². The minimum absolute atomic E-state index is 0.110. The zero-order valence-electron chi connectivity index (χ0n) is 19.3. The van der Waals surface area contributed by atoms with E-state index < -0.39 is 14.1 Å². The number of allylic oxidation sites excluding steroid dienone is 3. The standard InChI is InChI=1S/C23H40O4Si/c1-17-19(11-10-18-14-25-22(5,6)26-15-18)23(7,16-24)13-12-20(17)27-28(8,9)21(2,3)4/h10-12,18,24H,13-16H2,1-9H3/b11-10+/t23-/m1/s1. The van der Waals surface area contributed by atoms with E-state index in [1.807, 2.05) is 13.8 Å². The molecule has 0 unspecified atom stereocenters. The van der Waals surface area contributed by atoms with Crippen LogP contribution >= 0.6 is 0 Å². The summed E-state index contributed by atoms with van der Waals surface area (Å²) < 4.78 is 18.2. The molecule has 28 heavy (non-hydrogen) atoms. The Labute approximate surface area is 172 Å². The first-order chi connectivity index (χ1) is 12.7. The third-order valence-electron chi connectivity index (χ3n) is 6.51. The highest BCUT2D eigenvalue weighted by molar-refractivity contribution is 6.74. The molecule has 0 saturated carbocycles. The van der Waals surface area contributed by atoms with Crippen molar-refractivity contribution in [1.29, 1.82) is 0 Å². The molecule has 0 aromatic heterocycles. The van der Waals surface area contributed by atoms with Crippen LogP contribution in [-0.2, 0) is 13.9 Å². The molecule has 1 fully saturated rings. The van der Waals surface area contributed by atoms with Gasteiger partial charge in [-0.25, -0.2) is 0 Å². The van der Waals surface area contributed by atoms with Crippen molar-refractivity contribution in [1.82, 2.24) is 0 Å². The molecule has 2 rings (SSSR count). The van der Waals surface area contributed by atoms with Crippen molar-refractivity contribution in [2.45, 2.75) is 78.8 Å². The van der Waals surface area contributed by atoms with Gasteiger partial charge in [0.1, 0.15) is 5.76 Å². The molecule has 0 spiro atoms. The van der Waals surface area contributed by atoms with E-state index in [-0.39, 0.29) is 23.0 Å². The third-order valence-corrected chi connectivity index (χ3v) is 10.8. The first kappa shape index (κ1) is 23.4. The quantitative estimate of drug-likeness (QED) is 0.605. The molecule has 1 N–H and O–H groups in total. The van der Waals surface area contributed by atoms with Crippen molar-refractivity contribution < 1.29 is 19.0 Å². The zero-order chi connectivity index (χ0) is 21.4. The van der Waals surface area contributed by atoms with Crippen LogP contribution in [0.4, 0.5) is 0 Å². The minimum atomic E-state index is -1.92. The van der Waals surface area contributed by atoms with E-state index in [1.54, 1.807) is 0 Å². The number of rotatable bonds is 5. The minimum Gasteiger partial charge on any atom is -0.544 e. The normalized spacial score (nSPS) is 27.3. The fourth-order valence-corrected chi connectivity index (χ4v) is 4.33. The second-order valence-corrected chi connectivity index (χ2v) is 15.3. The van der Waals surface area contributed by atoms with Gasteiger partial charge in [0.05, 0.1) is 19.8 Å². The van der Waals surface area contributed by atoms with Gasteiger partial charge in [-0.3, -0.25) is 0 Å². The van der Waals surface area contributed by atoms with Crippen LogP contribution in [0.1, 0.15) is 54.9 Å². The first-order valence-electron chi connectivity index (χ1n) is 10.4. The van der Waals surface area contributed by atoms with Gasteiger partial charge in [-0.1, -0.05) is 39.8 Å². The maximum Gasteiger partial charge on any atom is 0.250 e. The van der Waals surface area contributed by atoms with Crippen LogP contribution in [0.3, 0.4) is 0 Å². The van der Waals surface area contributed by atoms with Gasteiger partial charge in [0.2, 0.25) is 8.32 Å². The van der Waals surface area contributed by atoms with E-state index in [9.17, 15) is 5.11 Å². The van der Waals surface area contributed by atoms with E-state index in [4.69, 9.17) is 13.9 Å². The molecular weight excluding hydrogens is 368 g/mol. The second kappa shape index (κ2) is 8.09. The second-order valence-electron chi connectivity index (χ2n) is 10.5. The molecule has 0 bridgehead atoms. The van der Waals surface area contributed by atoms with Gasteiger partial charge in [0.25, 0.3) is 0 Å². The summed E-state index contributed by atoms with van der Waals surface area (Å²) in [7, 11) is -1.92. The van der Waals surface area contributed by atoms with Crippen LogP contribution in [0.2, 0.25) is 18.1 Å². The Bertz CT molecular complexity index is 657. The molecule has 1 aliphatic heterocycles. The number of hydrogen-bond acceptors (Lipinski definition) is 4. The topological polar surface area (TPSA) is 47.9 Å². The number of aliphatic hydroxyl groups is 1. The van der Waals surface area contributed by atoms with Crippen molar-refractivity contribution in [2.24, 2.45) is 11.3 Å². The van der Waals surface area contributed by atoms with E-state index in [0.29, 0.717) is 13.2 Å². The number of ether oxygens (including phenoxy) is 2. The van der Waals surface area contributed by atoms with E-state index >= 15 is 0 Å². The molecule has 1 saturated heterocycles. The smallest absolute Gasteiger partial charge is 0.250 e. The Morgan fingerprint density at radius 3 is 2.29 bits per heavy atom. The van der Waals surface area contributed by atoms with Gasteiger partial charge in [-0.15, -0.1) is 0 Å². The van der Waals surface area contributed by atoms with Crippen molar-refractivity contribution >= 4 is 8.32 Å². The average molecular weight is 409 g/mol. The van der Waals surface area contributed by atoms with Crippen LogP contribution in [0.15, 0.2) is 35.1 Å². The van der Waals surface area contributed by atoms with Crippen LogP contribution in [0.5, 0.6) is 0 Å². The summed E-state index contributed by atoms with van der Waals surface area (Å²) in [6.07, 6.45) is 7.26. The van der Waals surface area contributed by atoms with E-state index in [0.717, 1.165) is 23.3 Å². The van der Waals surface area contributed by atoms with Gasteiger partial charge in [0, 0.05) is 11.3 Å². The molecular formula is C23H40O4Si. The van der Waals surface area contributed by atoms with E-state index in [2.05, 4.69) is 65.9 Å². The lowest BCUT2D eigenvalue weighted by molar-refractivity contribution is -0.256. The predicted octanol–water partition coefficient (Wildman–Crippen LogP) is 5.57. The number of hydrogen-bond donors (Lipinski definition) is 1. The van der Waals surface area contributed by atoms with Gasteiger partial charge in [-0.05, 0) is 62.5 Å². The summed E-state index contributed by atoms with van der Waals surface area (Å²) in [4.78, 5) is 0. The summed E-state index contributed by atoms with van der Waals surface area (Å²) in [6.45, 7) is 20.8. The summed E-state index contributed by atoms with van der Waals surface area (Å²) in [6, 6.07) is 0. The van der Waals surface area contributed by atoms with Crippen molar-refractivity contribution in [3.63, 3.8) is 0 Å². The Morgan fingerprint density at radius 1 is 1.21 bits per heavy atom. The zero-order valence-corrected chi connectivity index (χ0v) is 20.3. The fraction of sp³-hybridized carbons (Fsp3) is 0.739. The fourth-order valence-electron chi connectivity index (χ4n) is 3.24. The molecule has 0 aromatic rings. The maximum absolute atomic E-state index is 10.1. The summed E-state index contributed by atoms with van der Waals surface area (Å²) in [5.74, 6) is 0.693. The van der Waals surface area contributed by atoms with Gasteiger partial charge in [-0.2, -0.15) is 0 Å². The molecule has 0 aromatic carbocycles. The first-order valence-corrected chi connectivity index (χ1v) is 13.3. The molecule has 4 nitrogen and oxygen atoms in total. The SMILES string of the molecule is CC1=C(/C=C/C2COC(C)(C)OC2)[C@@](C)(CO)CC=C1O[Si](C)(C)C(C)(C)C. The lowest BCUT2D eigenvalue weighted by Crippen LogP contribution is -2.41. The lowest BCUT2D eigenvalue weighted by Gasteiger charge is -2.41. The van der Waals surface area contributed by atoms with Gasteiger partial charge < -0.3 is 19.0 Å². The van der Waals surface area contributed by atoms with Crippen LogP contribution in [0, 0.1) is 11.3 Å². The highest BCUT2D eigenvalue weighted by Gasteiger charge is 2.41. The Morgan fingerprint density at radius 2 is 1.79 bits per heavy atom. The van der Waals surface area contributed by atoms with Crippen LogP contribution < -0.4 is 0 Å². The highest BCUT2D eigenvalue weighted by atomic mass is 28.4. The molecule has 0 amide bonds. The molecule has 2 aliphatic rings. The summed E-state index contributed by atoms with van der Waals surface area (Å²) in [5, 5.41) is 10.3. The van der Waals surface area contributed by atoms with Crippen molar-refractivity contribution in [3.8, 4) is 0 Å². The Balaban J connectivity index is 2.26. The largest absolute Gasteiger partial charge is 0.544 e. The highest BCUT2D eigenvalue weighted by Crippen LogP contribution is 2.44. The van der Waals surface area contributed by atoms with Crippen LogP contribution in [0.25, 0.3) is 0 Å². The maximum atomic E-state index is 10.1. The van der Waals surface area contributed by atoms with Crippen LogP contribution in [-0.4, -0.2) is 39.0 Å². The van der Waals surface area contributed by atoms with Gasteiger partial charge >= 0.3 is 0 Å². The predicted molar refractivity (Wildman–Crippen MR) is 117 cm³/mol. The lowest BCUT2D eigenvalue weighted by atomic mass is 9.74. The molecule has 0 radical (unpaired) electrons. The molecule has 1 heterocycles. The summed E-state index contributed by atoms with van der Waals surface area (Å²) >= 11 is 0. The average Bonchev–Trinajstić information content (AvgIpc) is 2.57. The molecule has 5 heteroatoms. The molecule has 1 atom stereocenters. The van der Waals surface area contributed by atoms with Crippen molar-refractivity contribution in [2.75, 3.05) is 19.8 Å². The Kier molecular flexibility index (Phi) is 6.76. The van der Waals surface area contributed by atoms with Crippen molar-refractivity contribution in [3.05, 3.63) is 35.1 Å². The third kappa shape index (κ3) is 5.18. The molecule has 160 valence electrons. The Hall–Kier alpha value is -0.883. The monoisotopic (exact) mass is 408 g/mol. The summed E-state index contributed by atoms with van der Waals surface area (Å²) in [5.41, 5.74) is 1.98. The van der Waals surface area contributed by atoms with Gasteiger partial charge in [0.15, 0.2) is 5.79 Å².